The van der Waals surface area contributed by atoms with E-state index in [1.54, 1.807) is 0 Å². The fraction of sp³-hybridized carbons (Fsp3) is 1.00. The van der Waals surface area contributed by atoms with Crippen LogP contribution in [-0.4, -0.2) is 13.1 Å². The van der Waals surface area contributed by atoms with Crippen LogP contribution < -0.4 is 5.32 Å². The van der Waals surface area contributed by atoms with Gasteiger partial charge in [-0.3, -0.25) is 0 Å². The van der Waals surface area contributed by atoms with Crippen molar-refractivity contribution in [3.63, 3.8) is 0 Å². The summed E-state index contributed by atoms with van der Waals surface area (Å²) in [4.78, 5) is 0. The Balaban J connectivity index is 0. The molecule has 0 aliphatic rings. The minimum Gasteiger partial charge on any atom is -0.316 e. The first-order chi connectivity index (χ1) is 3.56. The van der Waals surface area contributed by atoms with Crippen LogP contribution in [-0.2, 0) is 0 Å². The van der Waals surface area contributed by atoms with Crippen LogP contribution in [0.25, 0.3) is 0 Å². The van der Waals surface area contributed by atoms with Gasteiger partial charge in [-0.2, -0.15) is 0 Å². The van der Waals surface area contributed by atoms with E-state index in [1.165, 1.54) is 0 Å². The lowest BCUT2D eigenvalue weighted by atomic mass is 9.97. The smallest absolute Gasteiger partial charge is 0.0000241 e. The molecule has 0 aromatic carbocycles. The van der Waals surface area contributed by atoms with Crippen LogP contribution >= 0.6 is 12.4 Å². The van der Waals surface area contributed by atoms with Gasteiger partial charge < -0.3 is 5.32 Å². The molecular weight excluding hydrogens is 134 g/mol. The van der Waals surface area contributed by atoms with Crippen LogP contribution in [0, 0.1) is 5.41 Å². The van der Waals surface area contributed by atoms with E-state index in [9.17, 15) is 0 Å². The first-order valence-electron chi connectivity index (χ1n) is 3.27. The van der Waals surface area contributed by atoms with Crippen LogP contribution in [0.2, 0.25) is 0 Å². The molecule has 1 N–H and O–H groups in total. The first-order valence-corrected chi connectivity index (χ1v) is 3.27. The number of hydrogen-bond acceptors (Lipinski definition) is 1. The van der Waals surface area contributed by atoms with Crippen molar-refractivity contribution in [3.05, 3.63) is 0 Å². The lowest BCUT2D eigenvalue weighted by Gasteiger charge is -2.17. The minimum absolute atomic E-state index is 0. The second-order valence-electron chi connectivity index (χ2n) is 3.34. The number of hydrogen-bond donors (Lipinski definition) is 1. The molecule has 0 aliphatic heterocycles. The van der Waals surface area contributed by atoms with Crippen LogP contribution in [0.3, 0.4) is 0 Å². The van der Waals surface area contributed by atoms with Gasteiger partial charge in [0, 0.05) is 0 Å². The van der Waals surface area contributed by atoms with Crippen LogP contribution in [0.5, 0.6) is 0 Å². The van der Waals surface area contributed by atoms with E-state index >= 15 is 0 Å². The highest BCUT2D eigenvalue weighted by molar-refractivity contribution is 5.85. The van der Waals surface area contributed by atoms with Gasteiger partial charge in [0.2, 0.25) is 0 Å². The summed E-state index contributed by atoms with van der Waals surface area (Å²) in [7, 11) is 0. The Labute approximate surface area is 64.6 Å². The monoisotopic (exact) mass is 151 g/mol. The van der Waals surface area contributed by atoms with E-state index in [0.29, 0.717) is 5.41 Å². The molecule has 2 heteroatoms. The molecule has 0 bridgehead atoms. The molecule has 1 nitrogen and oxygen atoms in total. The molecule has 0 saturated carbocycles. The van der Waals surface area contributed by atoms with Gasteiger partial charge in [0.25, 0.3) is 0 Å². The molecule has 0 aromatic rings. The Hall–Kier alpha value is 0.250. The number of rotatable bonds is 2. The van der Waals surface area contributed by atoms with Gasteiger partial charge in [-0.15, -0.1) is 12.4 Å². The summed E-state index contributed by atoms with van der Waals surface area (Å²) in [5, 5.41) is 3.29. The Bertz CT molecular complexity index is 56.4. The Morgan fingerprint density at radius 2 is 1.67 bits per heavy atom. The predicted molar refractivity (Wildman–Crippen MR) is 45.2 cm³/mol. The van der Waals surface area contributed by atoms with Crippen LogP contribution in [0.15, 0.2) is 0 Å². The average Bonchev–Trinajstić information content (AvgIpc) is 1.59. The summed E-state index contributed by atoms with van der Waals surface area (Å²) in [5.41, 5.74) is 0.440. The van der Waals surface area contributed by atoms with Crippen molar-refractivity contribution >= 4 is 12.4 Å². The van der Waals surface area contributed by atoms with Crippen molar-refractivity contribution in [2.24, 2.45) is 5.41 Å². The summed E-state index contributed by atoms with van der Waals surface area (Å²) in [6.07, 6.45) is 0. The summed E-state index contributed by atoms with van der Waals surface area (Å²) in [6.45, 7) is 11.0. The maximum Gasteiger partial charge on any atom is -0.0000241 e. The standard InChI is InChI=1S/C7H17N.ClH/c1-5-8-6-7(2,3)4;/h8H,5-6H2,1-4H3;1H. The maximum atomic E-state index is 3.29. The SMILES string of the molecule is CCNCC(C)(C)C.Cl. The minimum atomic E-state index is 0. The molecule has 0 radical (unpaired) electrons. The molecule has 58 valence electrons. The van der Waals surface area contributed by atoms with E-state index in [4.69, 9.17) is 0 Å². The fourth-order valence-electron chi connectivity index (χ4n) is 0.500. The zero-order valence-corrected chi connectivity index (χ0v) is 7.64. The topological polar surface area (TPSA) is 12.0 Å². The highest BCUT2D eigenvalue weighted by Gasteiger charge is 2.06. The fourth-order valence-corrected chi connectivity index (χ4v) is 0.500. The van der Waals surface area contributed by atoms with Crippen LogP contribution in [0.1, 0.15) is 27.7 Å². The normalized spacial score (nSPS) is 10.7. The second-order valence-corrected chi connectivity index (χ2v) is 3.34. The van der Waals surface area contributed by atoms with E-state index in [1.807, 2.05) is 0 Å². The van der Waals surface area contributed by atoms with Crippen molar-refractivity contribution in [2.45, 2.75) is 27.7 Å². The van der Waals surface area contributed by atoms with Gasteiger partial charge in [-0.05, 0) is 18.5 Å². The van der Waals surface area contributed by atoms with E-state index in [2.05, 4.69) is 33.0 Å². The third-order valence-electron chi connectivity index (χ3n) is 0.905. The summed E-state index contributed by atoms with van der Waals surface area (Å²) in [6, 6.07) is 0. The van der Waals surface area contributed by atoms with E-state index < -0.39 is 0 Å². The lowest BCUT2D eigenvalue weighted by Crippen LogP contribution is -2.26. The summed E-state index contributed by atoms with van der Waals surface area (Å²) in [5.74, 6) is 0. The molecule has 0 saturated heterocycles. The zero-order chi connectivity index (χ0) is 6.62. The van der Waals surface area contributed by atoms with Crippen molar-refractivity contribution in [1.82, 2.24) is 5.32 Å². The van der Waals surface area contributed by atoms with Gasteiger partial charge in [0.05, 0.1) is 0 Å². The molecule has 0 aliphatic carbocycles. The molecule has 9 heavy (non-hydrogen) atoms. The van der Waals surface area contributed by atoms with E-state index in [0.717, 1.165) is 13.1 Å². The largest absolute Gasteiger partial charge is 0.316 e. The molecule has 0 unspecified atom stereocenters. The first kappa shape index (κ1) is 12.0. The molecule has 0 fully saturated rings. The number of nitrogens with one attached hydrogen (secondary N) is 1. The quantitative estimate of drug-likeness (QED) is 0.637. The molecule has 0 rings (SSSR count). The predicted octanol–water partition coefficient (Wildman–Crippen LogP) is 2.06. The number of halogens is 1. The molecule has 0 spiro atoms. The van der Waals surface area contributed by atoms with Crippen molar-refractivity contribution in [3.8, 4) is 0 Å². The Morgan fingerprint density at radius 3 is 1.78 bits per heavy atom. The summed E-state index contributed by atoms with van der Waals surface area (Å²) >= 11 is 0. The molecule has 0 atom stereocenters. The van der Waals surface area contributed by atoms with Crippen molar-refractivity contribution in [1.29, 1.82) is 0 Å². The molecule has 0 amide bonds. The highest BCUT2D eigenvalue weighted by Crippen LogP contribution is 2.09. The van der Waals surface area contributed by atoms with Gasteiger partial charge in [-0.1, -0.05) is 27.7 Å². The van der Waals surface area contributed by atoms with E-state index in [-0.39, 0.29) is 12.4 Å². The van der Waals surface area contributed by atoms with Crippen molar-refractivity contribution < 1.29 is 0 Å². The van der Waals surface area contributed by atoms with Gasteiger partial charge in [0.1, 0.15) is 0 Å². The van der Waals surface area contributed by atoms with Gasteiger partial charge >= 0.3 is 0 Å². The van der Waals surface area contributed by atoms with Crippen molar-refractivity contribution in [2.75, 3.05) is 13.1 Å². The molecule has 0 aromatic heterocycles. The van der Waals surface area contributed by atoms with Gasteiger partial charge in [0.15, 0.2) is 0 Å². The summed E-state index contributed by atoms with van der Waals surface area (Å²) < 4.78 is 0. The molecular formula is C7H18ClN. The Morgan fingerprint density at radius 1 is 1.22 bits per heavy atom. The Kier molecular flexibility index (Phi) is 6.74. The van der Waals surface area contributed by atoms with Crippen LogP contribution in [0.4, 0.5) is 0 Å². The maximum absolute atomic E-state index is 3.29. The highest BCUT2D eigenvalue weighted by atomic mass is 35.5. The average molecular weight is 152 g/mol. The second kappa shape index (κ2) is 5.07. The third kappa shape index (κ3) is 11.7. The van der Waals surface area contributed by atoms with Gasteiger partial charge in [-0.25, -0.2) is 0 Å². The zero-order valence-electron chi connectivity index (χ0n) is 6.82. The lowest BCUT2D eigenvalue weighted by molar-refractivity contribution is 0.385. The third-order valence-corrected chi connectivity index (χ3v) is 0.905. The molecule has 0 heterocycles.